The van der Waals surface area contributed by atoms with E-state index < -0.39 is 17.7 Å². The summed E-state index contributed by atoms with van der Waals surface area (Å²) in [7, 11) is 0. The number of esters is 1. The van der Waals surface area contributed by atoms with Gasteiger partial charge in [-0.3, -0.25) is 4.79 Å². The fourth-order valence-corrected chi connectivity index (χ4v) is 13.2. The summed E-state index contributed by atoms with van der Waals surface area (Å²) in [4.78, 5) is 31.6. The standard InChI is InChI=1S/C57H102O5/c1-3-61-48(2)62-56(60)57(51-44-36-28-20-12-6-13-21-29-37-45-51,52-46-38-30-22-14-7-15-23-31-39-47-52)54(55(58)59)53(49-40-32-24-16-8-4-9-17-25-33-41-49)50-42-34-26-18-10-5-11-19-27-35-43-50/h48-52H,3-47H2,1-2H3,(H,58,59). The van der Waals surface area contributed by atoms with Crippen LogP contribution in [-0.2, 0) is 19.1 Å². The summed E-state index contributed by atoms with van der Waals surface area (Å²) in [5.74, 6) is -0.668. The topological polar surface area (TPSA) is 72.8 Å². The number of carboxylic acids is 1. The molecule has 4 fully saturated rings. The van der Waals surface area contributed by atoms with Gasteiger partial charge in [-0.05, 0) is 88.9 Å². The predicted octanol–water partition coefficient (Wildman–Crippen LogP) is 18.0. The van der Waals surface area contributed by atoms with Gasteiger partial charge in [0.15, 0.2) is 6.29 Å². The van der Waals surface area contributed by atoms with Crippen LogP contribution in [0.2, 0.25) is 0 Å². The van der Waals surface area contributed by atoms with Crippen molar-refractivity contribution in [3.8, 4) is 0 Å². The molecule has 0 heterocycles. The van der Waals surface area contributed by atoms with E-state index in [9.17, 15) is 5.11 Å². The van der Waals surface area contributed by atoms with Gasteiger partial charge in [0.1, 0.15) is 5.41 Å². The van der Waals surface area contributed by atoms with Crippen molar-refractivity contribution in [2.45, 2.75) is 303 Å². The summed E-state index contributed by atoms with van der Waals surface area (Å²) in [5, 5.41) is 12.5. The number of aliphatic carboxylic acids is 1. The maximum atomic E-state index is 16.3. The van der Waals surface area contributed by atoms with Gasteiger partial charge in [-0.1, -0.05) is 237 Å². The molecule has 4 aliphatic rings. The van der Waals surface area contributed by atoms with Crippen LogP contribution in [0.1, 0.15) is 296 Å². The Labute approximate surface area is 384 Å². The second-order valence-electron chi connectivity index (χ2n) is 21.3. The van der Waals surface area contributed by atoms with E-state index in [1.807, 2.05) is 13.8 Å². The molecule has 0 spiro atoms. The molecule has 0 radical (unpaired) electrons. The van der Waals surface area contributed by atoms with E-state index in [-0.39, 0.29) is 29.6 Å². The molecule has 360 valence electrons. The Kier molecular flexibility index (Phi) is 28.5. The lowest BCUT2D eigenvalue weighted by molar-refractivity contribution is -0.192. The minimum atomic E-state index is -1.19. The number of carbonyl (C=O) groups excluding carboxylic acids is 1. The molecule has 1 atom stereocenters. The molecule has 5 nitrogen and oxygen atoms in total. The molecule has 0 aliphatic heterocycles. The summed E-state index contributed by atoms with van der Waals surface area (Å²) in [6.45, 7) is 4.33. The lowest BCUT2D eigenvalue weighted by Crippen LogP contribution is -2.52. The first-order chi connectivity index (χ1) is 30.5. The maximum absolute atomic E-state index is 16.3. The highest BCUT2D eigenvalue weighted by Gasteiger charge is 2.58. The molecule has 1 N–H and O–H groups in total. The number of hydrogen-bond acceptors (Lipinski definition) is 4. The van der Waals surface area contributed by atoms with Gasteiger partial charge in [0.2, 0.25) is 0 Å². The average Bonchev–Trinajstić information content (AvgIpc) is 3.23. The maximum Gasteiger partial charge on any atom is 0.332 e. The van der Waals surface area contributed by atoms with Gasteiger partial charge in [-0.25, -0.2) is 4.79 Å². The molecule has 62 heavy (non-hydrogen) atoms. The van der Waals surface area contributed by atoms with Gasteiger partial charge in [0.05, 0.1) is 5.57 Å². The minimum Gasteiger partial charge on any atom is -0.478 e. The smallest absolute Gasteiger partial charge is 0.332 e. The lowest BCUT2D eigenvalue weighted by Gasteiger charge is -2.48. The van der Waals surface area contributed by atoms with Gasteiger partial charge in [-0.2, -0.15) is 0 Å². The van der Waals surface area contributed by atoms with Crippen LogP contribution in [0.3, 0.4) is 0 Å². The largest absolute Gasteiger partial charge is 0.478 e. The van der Waals surface area contributed by atoms with E-state index in [0.29, 0.717) is 12.2 Å². The molecule has 0 aromatic carbocycles. The van der Waals surface area contributed by atoms with Gasteiger partial charge in [-0.15, -0.1) is 0 Å². The first-order valence-corrected chi connectivity index (χ1v) is 28.3. The van der Waals surface area contributed by atoms with Gasteiger partial charge >= 0.3 is 11.9 Å². The second kappa shape index (κ2) is 33.2. The Bertz CT molecular complexity index is 1080. The van der Waals surface area contributed by atoms with Crippen LogP contribution >= 0.6 is 0 Å². The van der Waals surface area contributed by atoms with Crippen LogP contribution in [0, 0.1) is 29.1 Å². The molecule has 0 bridgehead atoms. The summed E-state index contributed by atoms with van der Waals surface area (Å²) in [6.07, 6.45) is 51.8. The number of hydrogen-bond donors (Lipinski definition) is 1. The van der Waals surface area contributed by atoms with Crippen molar-refractivity contribution in [2.75, 3.05) is 6.61 Å². The normalized spacial score (nSPS) is 24.0. The van der Waals surface area contributed by atoms with Gasteiger partial charge in [0, 0.05) is 6.61 Å². The molecular weight excluding hydrogens is 765 g/mol. The Hall–Kier alpha value is -1.36. The minimum absolute atomic E-state index is 0.0419. The van der Waals surface area contributed by atoms with Crippen molar-refractivity contribution >= 4 is 11.9 Å². The lowest BCUT2D eigenvalue weighted by atomic mass is 9.54. The van der Waals surface area contributed by atoms with Crippen LogP contribution in [0.25, 0.3) is 0 Å². The number of ether oxygens (including phenoxy) is 2. The zero-order valence-electron chi connectivity index (χ0n) is 41.3. The van der Waals surface area contributed by atoms with Crippen molar-refractivity contribution < 1.29 is 24.2 Å². The number of carbonyl (C=O) groups is 2. The molecule has 5 heteroatoms. The van der Waals surface area contributed by atoms with Gasteiger partial charge < -0.3 is 14.6 Å². The van der Waals surface area contributed by atoms with E-state index >= 15 is 9.59 Å². The second-order valence-corrected chi connectivity index (χ2v) is 21.3. The zero-order chi connectivity index (χ0) is 43.9. The van der Waals surface area contributed by atoms with Crippen molar-refractivity contribution in [3.05, 3.63) is 11.1 Å². The third-order valence-electron chi connectivity index (χ3n) is 16.5. The molecule has 4 aliphatic carbocycles. The summed E-state index contributed by atoms with van der Waals surface area (Å²) in [5.41, 5.74) is 0.646. The van der Waals surface area contributed by atoms with E-state index in [2.05, 4.69) is 0 Å². The third-order valence-corrected chi connectivity index (χ3v) is 16.5. The number of carboxylic acid groups (broad SMARTS) is 1. The predicted molar refractivity (Wildman–Crippen MR) is 261 cm³/mol. The quantitative estimate of drug-likeness (QED) is 0.135. The number of rotatable bonds is 10. The molecule has 0 saturated heterocycles. The highest BCUT2D eigenvalue weighted by Crippen LogP contribution is 2.56. The Morgan fingerprint density at radius 2 is 0.677 bits per heavy atom. The highest BCUT2D eigenvalue weighted by molar-refractivity contribution is 5.98. The SMILES string of the molecule is CCOC(C)OC(=O)C(C(C(=O)O)=C(C1CCCCCCCCCCC1)C1CCCCCCCCCCC1)(C1CCCCCCCCCCC1)C1CCCCCCCCCCC1. The Morgan fingerprint density at radius 1 is 0.435 bits per heavy atom. The summed E-state index contributed by atoms with van der Waals surface area (Å²) in [6, 6.07) is 0. The van der Waals surface area contributed by atoms with Crippen molar-refractivity contribution in [3.63, 3.8) is 0 Å². The first-order valence-electron chi connectivity index (χ1n) is 28.3. The van der Waals surface area contributed by atoms with E-state index in [1.54, 1.807) is 0 Å². The van der Waals surface area contributed by atoms with Crippen LogP contribution in [-0.4, -0.2) is 29.9 Å². The van der Waals surface area contributed by atoms with Crippen molar-refractivity contribution in [1.82, 2.24) is 0 Å². The van der Waals surface area contributed by atoms with Crippen LogP contribution in [0.4, 0.5) is 0 Å². The fraction of sp³-hybridized carbons (Fsp3) is 0.930. The molecule has 0 aromatic heterocycles. The molecule has 4 rings (SSSR count). The molecular formula is C57H102O5. The van der Waals surface area contributed by atoms with Crippen LogP contribution in [0.15, 0.2) is 11.1 Å². The Morgan fingerprint density at radius 3 is 0.919 bits per heavy atom. The molecule has 0 aromatic rings. The highest BCUT2D eigenvalue weighted by atomic mass is 16.7. The molecule has 4 saturated carbocycles. The van der Waals surface area contributed by atoms with Crippen molar-refractivity contribution in [2.24, 2.45) is 29.1 Å². The average molecular weight is 867 g/mol. The van der Waals surface area contributed by atoms with E-state index in [4.69, 9.17) is 9.47 Å². The van der Waals surface area contributed by atoms with Crippen LogP contribution < -0.4 is 0 Å². The van der Waals surface area contributed by atoms with E-state index in [1.165, 1.54) is 211 Å². The molecule has 0 amide bonds. The van der Waals surface area contributed by atoms with E-state index in [0.717, 1.165) is 77.0 Å². The zero-order valence-corrected chi connectivity index (χ0v) is 41.3. The first kappa shape index (κ1) is 53.3. The fourth-order valence-electron chi connectivity index (χ4n) is 13.2. The van der Waals surface area contributed by atoms with Gasteiger partial charge in [0.25, 0.3) is 0 Å². The third kappa shape index (κ3) is 18.9. The molecule has 1 unspecified atom stereocenters. The summed E-state index contributed by atoms with van der Waals surface area (Å²) < 4.78 is 12.8. The van der Waals surface area contributed by atoms with Crippen molar-refractivity contribution in [1.29, 1.82) is 0 Å². The van der Waals surface area contributed by atoms with Crippen LogP contribution in [0.5, 0.6) is 0 Å². The number of allylic oxidation sites excluding steroid dienone is 1. The summed E-state index contributed by atoms with van der Waals surface area (Å²) >= 11 is 0. The Balaban J connectivity index is 2.08. The monoisotopic (exact) mass is 867 g/mol.